The number of nitrogens with zero attached hydrogens (tertiary/aromatic N) is 2. The molecule has 0 atom stereocenters. The fraction of sp³-hybridized carbons (Fsp3) is 0.333. The minimum absolute atomic E-state index is 0.0634. The molecule has 1 saturated heterocycles. The molecule has 0 saturated carbocycles. The molecule has 2 aromatic rings. The van der Waals surface area contributed by atoms with Crippen LogP contribution in [0.15, 0.2) is 47.4 Å². The number of piperazine rings is 1. The van der Waals surface area contributed by atoms with Crippen LogP contribution in [0.3, 0.4) is 0 Å². The highest BCUT2D eigenvalue weighted by molar-refractivity contribution is 7.89. The summed E-state index contributed by atoms with van der Waals surface area (Å²) in [6, 6.07) is 8.71. The number of benzene rings is 2. The van der Waals surface area contributed by atoms with Crippen LogP contribution in [-0.4, -0.2) is 68.8 Å². The third kappa shape index (κ3) is 5.40. The minimum Gasteiger partial charge on any atom is -0.494 e. The van der Waals surface area contributed by atoms with Gasteiger partial charge in [0.1, 0.15) is 22.3 Å². The van der Waals surface area contributed by atoms with Crippen LogP contribution in [0.25, 0.3) is 0 Å². The molecular formula is C21H23F2N3O5S. The quantitative estimate of drug-likeness (QED) is 0.668. The Balaban J connectivity index is 1.53. The number of amides is 2. The standard InChI is InChI=1S/C21H23F2N3O5S/c1-2-31-17-6-3-15(4-7-17)21(28)24-14-20(27)25-9-11-26(12-10-25)32(29,30)19-13-16(22)5-8-18(19)23/h3-8,13H,2,9-12,14H2,1H3,(H,24,28). The fourth-order valence-corrected chi connectivity index (χ4v) is 4.73. The van der Waals surface area contributed by atoms with Crippen molar-refractivity contribution in [2.24, 2.45) is 0 Å². The maximum absolute atomic E-state index is 13.9. The molecule has 3 rings (SSSR count). The zero-order valence-electron chi connectivity index (χ0n) is 17.4. The molecule has 0 aromatic heterocycles. The summed E-state index contributed by atoms with van der Waals surface area (Å²) < 4.78 is 58.9. The van der Waals surface area contributed by atoms with Crippen LogP contribution >= 0.6 is 0 Å². The van der Waals surface area contributed by atoms with Gasteiger partial charge in [-0.25, -0.2) is 17.2 Å². The molecule has 0 radical (unpaired) electrons. The van der Waals surface area contributed by atoms with Gasteiger partial charge in [-0.2, -0.15) is 4.31 Å². The van der Waals surface area contributed by atoms with Crippen molar-refractivity contribution < 1.29 is 31.5 Å². The van der Waals surface area contributed by atoms with E-state index in [0.29, 0.717) is 24.0 Å². The predicted molar refractivity (Wildman–Crippen MR) is 112 cm³/mol. The maximum atomic E-state index is 13.9. The van der Waals surface area contributed by atoms with E-state index >= 15 is 0 Å². The Bertz CT molecular complexity index is 1090. The Kier molecular flexibility index (Phi) is 7.41. The number of carbonyl (C=O) groups is 2. The third-order valence-corrected chi connectivity index (χ3v) is 6.84. The fourth-order valence-electron chi connectivity index (χ4n) is 3.23. The van der Waals surface area contributed by atoms with Crippen LogP contribution in [0.5, 0.6) is 5.75 Å². The smallest absolute Gasteiger partial charge is 0.251 e. The molecule has 1 aliphatic rings. The van der Waals surface area contributed by atoms with Gasteiger partial charge in [0.15, 0.2) is 0 Å². The highest BCUT2D eigenvalue weighted by atomic mass is 32.2. The third-order valence-electron chi connectivity index (χ3n) is 4.93. The minimum atomic E-state index is -4.23. The molecule has 11 heteroatoms. The van der Waals surface area contributed by atoms with Gasteiger partial charge in [0.2, 0.25) is 15.9 Å². The summed E-state index contributed by atoms with van der Waals surface area (Å²) in [5.41, 5.74) is 0.370. The first-order valence-corrected chi connectivity index (χ1v) is 11.4. The van der Waals surface area contributed by atoms with Gasteiger partial charge >= 0.3 is 0 Å². The summed E-state index contributed by atoms with van der Waals surface area (Å²) in [6.07, 6.45) is 0. The van der Waals surface area contributed by atoms with Crippen LogP contribution in [-0.2, 0) is 14.8 Å². The zero-order chi connectivity index (χ0) is 23.3. The van der Waals surface area contributed by atoms with E-state index in [0.717, 1.165) is 16.4 Å². The lowest BCUT2D eigenvalue weighted by molar-refractivity contribution is -0.131. The lowest BCUT2D eigenvalue weighted by atomic mass is 10.2. The van der Waals surface area contributed by atoms with E-state index in [2.05, 4.69) is 5.32 Å². The van der Waals surface area contributed by atoms with Crippen molar-refractivity contribution in [2.45, 2.75) is 11.8 Å². The van der Waals surface area contributed by atoms with Crippen molar-refractivity contribution in [1.29, 1.82) is 0 Å². The van der Waals surface area contributed by atoms with Crippen LogP contribution in [0, 0.1) is 11.6 Å². The van der Waals surface area contributed by atoms with Gasteiger partial charge < -0.3 is 15.0 Å². The van der Waals surface area contributed by atoms with Gasteiger partial charge in [-0.3, -0.25) is 9.59 Å². The SMILES string of the molecule is CCOc1ccc(C(=O)NCC(=O)N2CCN(S(=O)(=O)c3cc(F)ccc3F)CC2)cc1. The summed E-state index contributed by atoms with van der Waals surface area (Å²) in [5, 5.41) is 2.53. The van der Waals surface area contributed by atoms with E-state index in [4.69, 9.17) is 4.74 Å². The molecule has 1 aliphatic heterocycles. The van der Waals surface area contributed by atoms with Gasteiger partial charge in [0, 0.05) is 31.7 Å². The summed E-state index contributed by atoms with van der Waals surface area (Å²) in [7, 11) is -4.23. The van der Waals surface area contributed by atoms with Gasteiger partial charge in [-0.05, 0) is 49.4 Å². The molecule has 1 heterocycles. The summed E-state index contributed by atoms with van der Waals surface area (Å²) in [4.78, 5) is 25.3. The highest BCUT2D eigenvalue weighted by Crippen LogP contribution is 2.21. The van der Waals surface area contributed by atoms with Crippen LogP contribution in [0.1, 0.15) is 17.3 Å². The summed E-state index contributed by atoms with van der Waals surface area (Å²) >= 11 is 0. The first kappa shape index (κ1) is 23.6. The number of hydrogen-bond donors (Lipinski definition) is 1. The van der Waals surface area contributed by atoms with E-state index in [1.807, 2.05) is 6.92 Å². The molecular weight excluding hydrogens is 444 g/mol. The Hall–Kier alpha value is -3.05. The Morgan fingerprint density at radius 1 is 1.03 bits per heavy atom. The van der Waals surface area contributed by atoms with Crippen molar-refractivity contribution in [2.75, 3.05) is 39.3 Å². The number of halogens is 2. The predicted octanol–water partition coefficient (Wildman–Crippen LogP) is 1.63. The zero-order valence-corrected chi connectivity index (χ0v) is 18.2. The lowest BCUT2D eigenvalue weighted by Crippen LogP contribution is -2.52. The molecule has 0 unspecified atom stereocenters. The van der Waals surface area contributed by atoms with E-state index < -0.39 is 32.5 Å². The molecule has 172 valence electrons. The van der Waals surface area contributed by atoms with Gasteiger partial charge in [-0.15, -0.1) is 0 Å². The number of rotatable bonds is 7. The van der Waals surface area contributed by atoms with E-state index in [1.165, 1.54) is 4.90 Å². The molecule has 2 aromatic carbocycles. The Morgan fingerprint density at radius 2 is 1.69 bits per heavy atom. The van der Waals surface area contributed by atoms with Gasteiger partial charge in [0.25, 0.3) is 5.91 Å². The molecule has 1 fully saturated rings. The Morgan fingerprint density at radius 3 is 2.31 bits per heavy atom. The van der Waals surface area contributed by atoms with Crippen LogP contribution in [0.4, 0.5) is 8.78 Å². The normalized spacial score (nSPS) is 14.8. The van der Waals surface area contributed by atoms with Crippen LogP contribution < -0.4 is 10.1 Å². The topological polar surface area (TPSA) is 96.0 Å². The Labute approximate surface area is 184 Å². The monoisotopic (exact) mass is 467 g/mol. The van der Waals surface area contributed by atoms with Crippen molar-refractivity contribution in [3.05, 3.63) is 59.7 Å². The van der Waals surface area contributed by atoms with Crippen molar-refractivity contribution in [3.8, 4) is 5.75 Å². The largest absolute Gasteiger partial charge is 0.494 e. The molecule has 0 spiro atoms. The summed E-state index contributed by atoms with van der Waals surface area (Å²) in [6.45, 7) is 2.08. The number of carbonyl (C=O) groups excluding carboxylic acids is 2. The highest BCUT2D eigenvalue weighted by Gasteiger charge is 2.32. The van der Waals surface area contributed by atoms with Gasteiger partial charge in [-0.1, -0.05) is 0 Å². The van der Waals surface area contributed by atoms with Crippen molar-refractivity contribution in [1.82, 2.24) is 14.5 Å². The molecule has 0 aliphatic carbocycles. The number of nitrogens with one attached hydrogen (secondary N) is 1. The van der Waals surface area contributed by atoms with E-state index in [9.17, 15) is 26.8 Å². The average Bonchev–Trinajstić information content (AvgIpc) is 2.79. The van der Waals surface area contributed by atoms with E-state index in [-0.39, 0.29) is 38.6 Å². The average molecular weight is 467 g/mol. The maximum Gasteiger partial charge on any atom is 0.251 e. The van der Waals surface area contributed by atoms with Gasteiger partial charge in [0.05, 0.1) is 13.2 Å². The number of sulfonamides is 1. The second-order valence-corrected chi connectivity index (χ2v) is 8.91. The van der Waals surface area contributed by atoms with Crippen LogP contribution in [0.2, 0.25) is 0 Å². The summed E-state index contributed by atoms with van der Waals surface area (Å²) in [5.74, 6) is -2.07. The number of hydrogen-bond acceptors (Lipinski definition) is 5. The molecule has 8 nitrogen and oxygen atoms in total. The first-order chi connectivity index (χ1) is 15.2. The molecule has 2 amide bonds. The number of ether oxygens (including phenoxy) is 1. The first-order valence-electron chi connectivity index (χ1n) is 9.96. The lowest BCUT2D eigenvalue weighted by Gasteiger charge is -2.34. The van der Waals surface area contributed by atoms with Crippen molar-refractivity contribution in [3.63, 3.8) is 0 Å². The molecule has 32 heavy (non-hydrogen) atoms. The van der Waals surface area contributed by atoms with E-state index in [1.54, 1.807) is 24.3 Å². The molecule has 0 bridgehead atoms. The molecule has 1 N–H and O–H groups in total. The van der Waals surface area contributed by atoms with Crippen molar-refractivity contribution >= 4 is 21.8 Å². The second kappa shape index (κ2) is 10.0. The second-order valence-electron chi connectivity index (χ2n) is 7.00.